The van der Waals surface area contributed by atoms with Gasteiger partial charge in [-0.25, -0.2) is 13.0 Å². The van der Waals surface area contributed by atoms with E-state index in [2.05, 4.69) is 35.6 Å². The number of H-pyrrole nitrogens is 1. The molecule has 0 amide bonds. The van der Waals surface area contributed by atoms with Crippen LogP contribution in [0.4, 0.5) is 0 Å². The molecular weight excluding hydrogens is 368 g/mol. The third-order valence-corrected chi connectivity index (χ3v) is 5.57. The van der Waals surface area contributed by atoms with Crippen molar-refractivity contribution in [3.8, 4) is 11.4 Å². The number of hydrogen-bond donors (Lipinski definition) is 1. The van der Waals surface area contributed by atoms with E-state index >= 15 is 0 Å². The zero-order valence-corrected chi connectivity index (χ0v) is 14.0. The molecule has 0 bridgehead atoms. The molecule has 2 aromatic carbocycles. The summed E-state index contributed by atoms with van der Waals surface area (Å²) in [6, 6.07) is 9.74. The lowest BCUT2D eigenvalue weighted by atomic mass is 10.1. The van der Waals surface area contributed by atoms with Gasteiger partial charge < -0.3 is 0 Å². The Morgan fingerprint density at radius 2 is 1.96 bits per heavy atom. The van der Waals surface area contributed by atoms with E-state index in [1.807, 2.05) is 0 Å². The average Bonchev–Trinajstić information content (AvgIpc) is 3.27. The van der Waals surface area contributed by atoms with E-state index in [0.717, 1.165) is 0 Å². The minimum absolute atomic E-state index is 0.0121. The van der Waals surface area contributed by atoms with Crippen molar-refractivity contribution in [3.05, 3.63) is 47.0 Å². The van der Waals surface area contributed by atoms with Crippen LogP contribution in [-0.2, 0) is 15.6 Å². The maximum absolute atomic E-state index is 12.8. The van der Waals surface area contributed by atoms with E-state index in [4.69, 9.17) is 11.6 Å². The quantitative estimate of drug-likeness (QED) is 0.573. The Hall–Kier alpha value is -2.85. The maximum Gasteiger partial charge on any atom is 0.204 e. The Bertz CT molecular complexity index is 1160. The van der Waals surface area contributed by atoms with Crippen LogP contribution in [0, 0.1) is 0 Å². The van der Waals surface area contributed by atoms with Gasteiger partial charge in [0.2, 0.25) is 5.82 Å². The molecule has 11 heteroatoms. The number of rotatable bonds is 4. The highest BCUT2D eigenvalue weighted by molar-refractivity contribution is 7.90. The highest BCUT2D eigenvalue weighted by Gasteiger charge is 2.23. The molecule has 2 heterocycles. The van der Waals surface area contributed by atoms with E-state index in [-0.39, 0.29) is 26.7 Å². The number of benzene rings is 2. The molecule has 0 radical (unpaired) electrons. The molecule has 0 aliphatic rings. The molecule has 4 aromatic rings. The predicted octanol–water partition coefficient (Wildman–Crippen LogP) is 2.03. The van der Waals surface area contributed by atoms with E-state index in [9.17, 15) is 8.42 Å². The second-order valence-electron chi connectivity index (χ2n) is 5.20. The molecule has 0 unspecified atom stereocenters. The van der Waals surface area contributed by atoms with Crippen molar-refractivity contribution in [2.75, 3.05) is 0 Å². The van der Waals surface area contributed by atoms with Crippen LogP contribution in [0.15, 0.2) is 45.9 Å². The number of aromatic amines is 1. The highest BCUT2D eigenvalue weighted by atomic mass is 35.5. The lowest BCUT2D eigenvalue weighted by Gasteiger charge is -2.06. The monoisotopic (exact) mass is 376 g/mol. The first-order chi connectivity index (χ1) is 12.0. The molecule has 25 heavy (non-hydrogen) atoms. The Labute approximate surface area is 145 Å². The number of nitrogens with zero attached hydrogens (tertiary/aromatic N) is 5. The summed E-state index contributed by atoms with van der Waals surface area (Å²) in [7, 11) is -3.70. The fraction of sp³-hybridized carbons (Fsp3) is 0.0714. The fourth-order valence-electron chi connectivity index (χ4n) is 2.45. The van der Waals surface area contributed by atoms with Gasteiger partial charge in [0.1, 0.15) is 0 Å². The summed E-state index contributed by atoms with van der Waals surface area (Å²) in [4.78, 5) is 0.0121. The first-order valence-corrected chi connectivity index (χ1v) is 9.04. The summed E-state index contributed by atoms with van der Waals surface area (Å²) in [5.74, 6) is 0.149. The molecule has 2 aromatic heterocycles. The SMILES string of the molecule is O=S(=O)(Cc1cccc(-c2nn[nH]n2)c1)c1ccc(Cl)c2nonc12. The lowest BCUT2D eigenvalue weighted by Crippen LogP contribution is -2.06. The minimum Gasteiger partial charge on any atom is -0.243 e. The number of halogens is 1. The largest absolute Gasteiger partial charge is 0.243 e. The number of sulfone groups is 1. The topological polar surface area (TPSA) is 128 Å². The van der Waals surface area contributed by atoms with Crippen LogP contribution in [0.25, 0.3) is 22.4 Å². The van der Waals surface area contributed by atoms with Crippen LogP contribution >= 0.6 is 11.6 Å². The van der Waals surface area contributed by atoms with Crippen molar-refractivity contribution in [3.63, 3.8) is 0 Å². The summed E-state index contributed by atoms with van der Waals surface area (Å²) in [5, 5.41) is 21.2. The highest BCUT2D eigenvalue weighted by Crippen LogP contribution is 2.29. The predicted molar refractivity (Wildman–Crippen MR) is 87.3 cm³/mol. The molecule has 0 spiro atoms. The smallest absolute Gasteiger partial charge is 0.204 e. The van der Waals surface area contributed by atoms with E-state index in [0.29, 0.717) is 17.0 Å². The van der Waals surface area contributed by atoms with Crippen molar-refractivity contribution in [1.29, 1.82) is 0 Å². The Morgan fingerprint density at radius 1 is 1.12 bits per heavy atom. The van der Waals surface area contributed by atoms with Crippen molar-refractivity contribution >= 4 is 32.5 Å². The van der Waals surface area contributed by atoms with Crippen molar-refractivity contribution in [2.24, 2.45) is 0 Å². The number of nitrogens with one attached hydrogen (secondary N) is 1. The first kappa shape index (κ1) is 15.7. The zero-order valence-electron chi connectivity index (χ0n) is 12.4. The standard InChI is InChI=1S/C14H9ClN6O3S/c15-10-4-5-11(13-12(10)18-24-19-13)25(22,23)7-8-2-1-3-9(6-8)14-16-20-21-17-14/h1-6H,7H2,(H,16,17,20,21). The molecular formula is C14H9ClN6O3S. The van der Waals surface area contributed by atoms with Crippen LogP contribution in [0.3, 0.4) is 0 Å². The Kier molecular flexibility index (Phi) is 3.70. The summed E-state index contributed by atoms with van der Waals surface area (Å²) < 4.78 is 30.3. The normalized spacial score (nSPS) is 11.9. The molecule has 0 saturated carbocycles. The van der Waals surface area contributed by atoms with E-state index < -0.39 is 9.84 Å². The minimum atomic E-state index is -3.70. The molecule has 0 aliphatic heterocycles. The summed E-state index contributed by atoms with van der Waals surface area (Å²) in [6.07, 6.45) is 0. The zero-order chi connectivity index (χ0) is 17.4. The first-order valence-electron chi connectivity index (χ1n) is 7.01. The van der Waals surface area contributed by atoms with E-state index in [1.165, 1.54) is 12.1 Å². The summed E-state index contributed by atoms with van der Waals surface area (Å²) in [5.41, 5.74) is 1.55. The molecule has 126 valence electrons. The van der Waals surface area contributed by atoms with Gasteiger partial charge in [-0.15, -0.1) is 10.2 Å². The summed E-state index contributed by atoms with van der Waals surface area (Å²) >= 11 is 5.98. The molecule has 1 N–H and O–H groups in total. The van der Waals surface area contributed by atoms with Gasteiger partial charge in [0.05, 0.1) is 15.7 Å². The second-order valence-corrected chi connectivity index (χ2v) is 7.57. The number of hydrogen-bond acceptors (Lipinski definition) is 8. The van der Waals surface area contributed by atoms with Gasteiger partial charge in [0, 0.05) is 5.56 Å². The van der Waals surface area contributed by atoms with Crippen LogP contribution in [-0.4, -0.2) is 39.4 Å². The summed E-state index contributed by atoms with van der Waals surface area (Å²) in [6.45, 7) is 0. The molecule has 9 nitrogen and oxygen atoms in total. The van der Waals surface area contributed by atoms with Crippen molar-refractivity contribution in [2.45, 2.75) is 10.6 Å². The number of aromatic nitrogens is 6. The molecule has 0 saturated heterocycles. The van der Waals surface area contributed by atoms with Gasteiger partial charge in [-0.3, -0.25) is 0 Å². The van der Waals surface area contributed by atoms with Crippen LogP contribution in [0.1, 0.15) is 5.56 Å². The van der Waals surface area contributed by atoms with Gasteiger partial charge in [-0.2, -0.15) is 5.21 Å². The number of fused-ring (bicyclic) bond motifs is 1. The molecule has 0 fully saturated rings. The van der Waals surface area contributed by atoms with Crippen molar-refractivity contribution in [1.82, 2.24) is 30.9 Å². The second kappa shape index (κ2) is 5.90. The van der Waals surface area contributed by atoms with Gasteiger partial charge >= 0.3 is 0 Å². The van der Waals surface area contributed by atoms with Crippen LogP contribution in [0.2, 0.25) is 5.02 Å². The molecule has 0 aliphatic carbocycles. The molecule has 0 atom stereocenters. The van der Waals surface area contributed by atoms with Crippen LogP contribution in [0.5, 0.6) is 0 Å². The van der Waals surface area contributed by atoms with Crippen LogP contribution < -0.4 is 0 Å². The van der Waals surface area contributed by atoms with E-state index in [1.54, 1.807) is 24.3 Å². The maximum atomic E-state index is 12.8. The van der Waals surface area contributed by atoms with Gasteiger partial charge in [0.15, 0.2) is 20.9 Å². The van der Waals surface area contributed by atoms with Gasteiger partial charge in [0.25, 0.3) is 0 Å². The Balaban J connectivity index is 1.73. The lowest BCUT2D eigenvalue weighted by molar-refractivity contribution is 0.315. The third-order valence-electron chi connectivity index (χ3n) is 3.55. The Morgan fingerprint density at radius 3 is 2.76 bits per heavy atom. The molecule has 4 rings (SSSR count). The average molecular weight is 377 g/mol. The third kappa shape index (κ3) is 2.85. The fourth-order valence-corrected chi connectivity index (χ4v) is 4.11. The van der Waals surface area contributed by atoms with Gasteiger partial charge in [-0.1, -0.05) is 29.8 Å². The van der Waals surface area contributed by atoms with Crippen molar-refractivity contribution < 1.29 is 13.0 Å². The number of tetrazole rings is 1. The van der Waals surface area contributed by atoms with Gasteiger partial charge in [-0.05, 0) is 39.3 Å².